The van der Waals surface area contributed by atoms with E-state index >= 15 is 0 Å². The van der Waals surface area contributed by atoms with Crippen molar-refractivity contribution < 1.29 is 13.2 Å². The highest BCUT2D eigenvalue weighted by Gasteiger charge is 2.23. The maximum atomic E-state index is 13.5. The zero-order valence-electron chi connectivity index (χ0n) is 18.7. The van der Waals surface area contributed by atoms with Crippen LogP contribution in [0.25, 0.3) is 10.2 Å². The second-order valence-corrected chi connectivity index (χ2v) is 10.7. The number of aryl methyl sites for hydroxylation is 2. The molecule has 3 rings (SSSR count). The van der Waals surface area contributed by atoms with Crippen molar-refractivity contribution in [2.75, 3.05) is 37.3 Å². The van der Waals surface area contributed by atoms with Gasteiger partial charge in [0.2, 0.25) is 0 Å². The fourth-order valence-corrected chi connectivity index (χ4v) is 5.09. The molecule has 0 bridgehead atoms. The van der Waals surface area contributed by atoms with Crippen molar-refractivity contribution in [3.8, 4) is 0 Å². The number of nitrogens with zero attached hydrogens (tertiary/aromatic N) is 3. The van der Waals surface area contributed by atoms with Gasteiger partial charge in [0.25, 0.3) is 5.91 Å². The molecular formula is C23H29N3O3S2. The van der Waals surface area contributed by atoms with Crippen LogP contribution in [-0.4, -0.2) is 56.6 Å². The summed E-state index contributed by atoms with van der Waals surface area (Å²) in [6.45, 7) is 11.3. The second kappa shape index (κ2) is 9.46. The number of hydrogen-bond acceptors (Lipinski definition) is 6. The molecule has 1 heterocycles. The fourth-order valence-electron chi connectivity index (χ4n) is 3.33. The summed E-state index contributed by atoms with van der Waals surface area (Å²) in [5.41, 5.74) is 3.52. The van der Waals surface area contributed by atoms with Gasteiger partial charge in [0, 0.05) is 24.9 Å². The fraction of sp³-hybridized carbons (Fsp3) is 0.391. The van der Waals surface area contributed by atoms with Gasteiger partial charge in [-0.2, -0.15) is 0 Å². The van der Waals surface area contributed by atoms with Gasteiger partial charge in [0.1, 0.15) is 0 Å². The lowest BCUT2D eigenvalue weighted by Crippen LogP contribution is -2.38. The Morgan fingerprint density at radius 1 is 1.00 bits per heavy atom. The van der Waals surface area contributed by atoms with Crippen molar-refractivity contribution in [2.24, 2.45) is 0 Å². The molecule has 0 radical (unpaired) electrons. The van der Waals surface area contributed by atoms with Crippen molar-refractivity contribution in [2.45, 2.75) is 32.6 Å². The Balaban J connectivity index is 2.02. The first-order chi connectivity index (χ1) is 14.6. The Morgan fingerprint density at radius 3 is 2.32 bits per heavy atom. The van der Waals surface area contributed by atoms with E-state index in [1.54, 1.807) is 23.1 Å². The normalized spacial score (nSPS) is 11.9. The lowest BCUT2D eigenvalue weighted by Gasteiger charge is -2.25. The molecule has 0 aliphatic carbocycles. The van der Waals surface area contributed by atoms with Crippen LogP contribution in [0.4, 0.5) is 5.13 Å². The third kappa shape index (κ3) is 5.31. The zero-order valence-corrected chi connectivity index (χ0v) is 20.3. The summed E-state index contributed by atoms with van der Waals surface area (Å²) in [7, 11) is -3.31. The van der Waals surface area contributed by atoms with Gasteiger partial charge in [-0.3, -0.25) is 9.69 Å². The van der Waals surface area contributed by atoms with Crippen LogP contribution in [0.15, 0.2) is 41.3 Å². The molecule has 0 fully saturated rings. The average Bonchev–Trinajstić information content (AvgIpc) is 3.15. The molecule has 0 N–H and O–H groups in total. The third-order valence-corrected chi connectivity index (χ3v) is 7.69. The summed E-state index contributed by atoms with van der Waals surface area (Å²) in [5.74, 6) is -0.0994. The summed E-state index contributed by atoms with van der Waals surface area (Å²) in [5, 5.41) is 0.580. The molecule has 0 aliphatic heterocycles. The number of likely N-dealkylation sites (N-methyl/N-ethyl adjacent to an activating group) is 1. The van der Waals surface area contributed by atoms with Crippen molar-refractivity contribution in [1.82, 2.24) is 9.88 Å². The lowest BCUT2D eigenvalue weighted by atomic mass is 10.1. The van der Waals surface area contributed by atoms with Gasteiger partial charge in [-0.05, 0) is 68.4 Å². The Labute approximate surface area is 188 Å². The molecule has 0 unspecified atom stereocenters. The van der Waals surface area contributed by atoms with Crippen LogP contribution in [0.3, 0.4) is 0 Å². The molecule has 1 aromatic heterocycles. The summed E-state index contributed by atoms with van der Waals surface area (Å²) >= 11 is 1.34. The largest absolute Gasteiger partial charge is 0.302 e. The predicted octanol–water partition coefficient (Wildman–Crippen LogP) is 4.31. The number of rotatable bonds is 8. The van der Waals surface area contributed by atoms with Crippen molar-refractivity contribution in [1.29, 1.82) is 0 Å². The number of carbonyl (C=O) groups excluding carboxylic acids is 1. The number of thiazole rings is 1. The van der Waals surface area contributed by atoms with Crippen molar-refractivity contribution in [3.63, 3.8) is 0 Å². The number of fused-ring (bicyclic) bond motifs is 1. The summed E-state index contributed by atoms with van der Waals surface area (Å²) < 4.78 is 24.6. The van der Waals surface area contributed by atoms with Gasteiger partial charge >= 0.3 is 0 Å². The highest BCUT2D eigenvalue weighted by atomic mass is 32.2. The van der Waals surface area contributed by atoms with Crippen molar-refractivity contribution >= 4 is 42.4 Å². The number of anilines is 1. The Morgan fingerprint density at radius 2 is 1.71 bits per heavy atom. The van der Waals surface area contributed by atoms with E-state index < -0.39 is 9.84 Å². The standard InChI is InChI=1S/C23H29N3O3S2/c1-6-25(7-2)12-13-26(22(27)18-9-8-16(3)17(4)14-18)23-24-20-11-10-19(31(5,28)29)15-21(20)30-23/h8-11,14-15H,6-7,12-13H2,1-5H3. The summed E-state index contributed by atoms with van der Waals surface area (Å²) in [6, 6.07) is 10.6. The molecule has 31 heavy (non-hydrogen) atoms. The van der Waals surface area contributed by atoms with Gasteiger partial charge in [0.05, 0.1) is 15.1 Å². The minimum absolute atomic E-state index is 0.0994. The Kier molecular flexibility index (Phi) is 7.13. The number of hydrogen-bond donors (Lipinski definition) is 0. The van der Waals surface area contributed by atoms with E-state index in [-0.39, 0.29) is 10.8 Å². The maximum Gasteiger partial charge on any atom is 0.260 e. The van der Waals surface area contributed by atoms with Crippen LogP contribution in [0, 0.1) is 13.8 Å². The van der Waals surface area contributed by atoms with E-state index in [2.05, 4.69) is 23.7 Å². The quantitative estimate of drug-likeness (QED) is 0.502. The number of benzene rings is 2. The van der Waals surface area contributed by atoms with E-state index in [0.717, 1.165) is 35.5 Å². The average molecular weight is 460 g/mol. The first-order valence-electron chi connectivity index (χ1n) is 10.4. The molecule has 0 saturated carbocycles. The molecule has 3 aromatic rings. The Hall–Kier alpha value is -2.29. The molecule has 0 aliphatic rings. The minimum Gasteiger partial charge on any atom is -0.302 e. The highest BCUT2D eigenvalue weighted by Crippen LogP contribution is 2.31. The number of aromatic nitrogens is 1. The van der Waals surface area contributed by atoms with Crippen LogP contribution in [0.2, 0.25) is 0 Å². The van der Waals surface area contributed by atoms with Crippen LogP contribution < -0.4 is 4.90 Å². The molecule has 0 spiro atoms. The van der Waals surface area contributed by atoms with E-state index in [4.69, 9.17) is 0 Å². The third-order valence-electron chi connectivity index (χ3n) is 5.54. The first-order valence-corrected chi connectivity index (χ1v) is 13.1. The monoisotopic (exact) mass is 459 g/mol. The van der Waals surface area contributed by atoms with E-state index in [9.17, 15) is 13.2 Å². The number of sulfone groups is 1. The SMILES string of the molecule is CCN(CC)CCN(C(=O)c1ccc(C)c(C)c1)c1nc2ccc(S(C)(=O)=O)cc2s1. The van der Waals surface area contributed by atoms with Crippen LogP contribution >= 0.6 is 11.3 Å². The molecule has 0 saturated heterocycles. The maximum absolute atomic E-state index is 13.5. The van der Waals surface area contributed by atoms with Crippen molar-refractivity contribution in [3.05, 3.63) is 53.1 Å². The molecule has 1 amide bonds. The highest BCUT2D eigenvalue weighted by molar-refractivity contribution is 7.90. The lowest BCUT2D eigenvalue weighted by molar-refractivity contribution is 0.0983. The summed E-state index contributed by atoms with van der Waals surface area (Å²) in [4.78, 5) is 22.4. The first kappa shape index (κ1) is 23.4. The molecule has 6 nitrogen and oxygen atoms in total. The molecular weight excluding hydrogens is 430 g/mol. The number of carbonyl (C=O) groups is 1. The number of amides is 1. The minimum atomic E-state index is -3.31. The van der Waals surface area contributed by atoms with Gasteiger partial charge in [-0.15, -0.1) is 0 Å². The zero-order chi connectivity index (χ0) is 22.8. The van der Waals surface area contributed by atoms with Gasteiger partial charge in [0.15, 0.2) is 15.0 Å². The molecule has 8 heteroatoms. The second-order valence-electron chi connectivity index (χ2n) is 7.68. The van der Waals surface area contributed by atoms with Gasteiger partial charge < -0.3 is 4.90 Å². The van der Waals surface area contributed by atoms with Crippen LogP contribution in [0.1, 0.15) is 35.3 Å². The smallest absolute Gasteiger partial charge is 0.260 e. The molecule has 0 atom stereocenters. The van der Waals surface area contributed by atoms with Gasteiger partial charge in [-0.1, -0.05) is 31.3 Å². The van der Waals surface area contributed by atoms with Crippen LogP contribution in [0.5, 0.6) is 0 Å². The van der Waals surface area contributed by atoms with E-state index in [1.165, 1.54) is 17.6 Å². The van der Waals surface area contributed by atoms with E-state index in [0.29, 0.717) is 22.8 Å². The summed E-state index contributed by atoms with van der Waals surface area (Å²) in [6.07, 6.45) is 1.19. The molecule has 166 valence electrons. The molecule has 2 aromatic carbocycles. The Bertz CT molecular complexity index is 1200. The van der Waals surface area contributed by atoms with Gasteiger partial charge in [-0.25, -0.2) is 13.4 Å². The predicted molar refractivity (Wildman–Crippen MR) is 128 cm³/mol. The van der Waals surface area contributed by atoms with E-state index in [1.807, 2.05) is 32.0 Å². The topological polar surface area (TPSA) is 70.6 Å². The van der Waals surface area contributed by atoms with Crippen LogP contribution in [-0.2, 0) is 9.84 Å².